The molecule has 2 amide bonds. The lowest BCUT2D eigenvalue weighted by Crippen LogP contribution is -2.31. The third-order valence-electron chi connectivity index (χ3n) is 4.24. The molecule has 0 radical (unpaired) electrons. The standard InChI is InChI=1S/C22H20ClN3O3/c1-29-21-12-11-16(14-24-21)25-20(27)13-19(15-7-3-2-4-8-15)26-22(28)17-9-5-6-10-18(17)23/h2-12,14,19H,13H2,1H3,(H,25,27)(H,26,28). The van der Waals surface area contributed by atoms with Crippen LogP contribution >= 0.6 is 11.6 Å². The lowest BCUT2D eigenvalue weighted by atomic mass is 10.0. The van der Waals surface area contributed by atoms with Crippen molar-refractivity contribution in [2.24, 2.45) is 0 Å². The Morgan fingerprint density at radius 2 is 1.76 bits per heavy atom. The fourth-order valence-corrected chi connectivity index (χ4v) is 3.01. The molecule has 1 unspecified atom stereocenters. The van der Waals surface area contributed by atoms with Gasteiger partial charge in [0.05, 0.1) is 42.0 Å². The molecular weight excluding hydrogens is 390 g/mol. The van der Waals surface area contributed by atoms with Gasteiger partial charge in [-0.3, -0.25) is 9.59 Å². The molecular formula is C22H20ClN3O3. The Labute approximate surface area is 173 Å². The lowest BCUT2D eigenvalue weighted by Gasteiger charge is -2.19. The Morgan fingerprint density at radius 1 is 1.03 bits per heavy atom. The van der Waals surface area contributed by atoms with Crippen molar-refractivity contribution in [1.82, 2.24) is 10.3 Å². The average molecular weight is 410 g/mol. The third kappa shape index (κ3) is 5.56. The largest absolute Gasteiger partial charge is 0.481 e. The Morgan fingerprint density at radius 3 is 2.41 bits per heavy atom. The van der Waals surface area contributed by atoms with Crippen LogP contribution in [0.2, 0.25) is 5.02 Å². The minimum atomic E-state index is -0.522. The smallest absolute Gasteiger partial charge is 0.253 e. The summed E-state index contributed by atoms with van der Waals surface area (Å²) in [4.78, 5) is 29.4. The van der Waals surface area contributed by atoms with Crippen LogP contribution in [0.3, 0.4) is 0 Å². The number of ether oxygens (including phenoxy) is 1. The molecule has 1 heterocycles. The molecule has 3 rings (SSSR count). The molecule has 0 saturated carbocycles. The summed E-state index contributed by atoms with van der Waals surface area (Å²) >= 11 is 6.13. The Bertz CT molecular complexity index is 978. The fraction of sp³-hybridized carbons (Fsp3) is 0.136. The van der Waals surface area contributed by atoms with Crippen LogP contribution in [0.25, 0.3) is 0 Å². The molecule has 1 atom stereocenters. The monoisotopic (exact) mass is 409 g/mol. The van der Waals surface area contributed by atoms with E-state index in [2.05, 4.69) is 15.6 Å². The molecule has 0 aliphatic heterocycles. The van der Waals surface area contributed by atoms with E-state index < -0.39 is 6.04 Å². The maximum absolute atomic E-state index is 12.7. The predicted molar refractivity (Wildman–Crippen MR) is 112 cm³/mol. The van der Waals surface area contributed by atoms with Crippen molar-refractivity contribution in [3.63, 3.8) is 0 Å². The van der Waals surface area contributed by atoms with Gasteiger partial charge in [0.15, 0.2) is 0 Å². The van der Waals surface area contributed by atoms with Gasteiger partial charge in [-0.2, -0.15) is 0 Å². The number of anilines is 1. The molecule has 2 aromatic carbocycles. The van der Waals surface area contributed by atoms with Gasteiger partial charge in [-0.1, -0.05) is 54.1 Å². The van der Waals surface area contributed by atoms with E-state index in [-0.39, 0.29) is 18.2 Å². The number of aromatic nitrogens is 1. The summed E-state index contributed by atoms with van der Waals surface area (Å²) in [7, 11) is 1.52. The normalized spacial score (nSPS) is 11.4. The SMILES string of the molecule is COc1ccc(NC(=O)CC(NC(=O)c2ccccc2Cl)c2ccccc2)cn1. The highest BCUT2D eigenvalue weighted by Gasteiger charge is 2.20. The maximum Gasteiger partial charge on any atom is 0.253 e. The minimum absolute atomic E-state index is 0.0479. The Balaban J connectivity index is 1.74. The number of carbonyl (C=O) groups excluding carboxylic acids is 2. The number of rotatable bonds is 7. The van der Waals surface area contributed by atoms with Crippen molar-refractivity contribution < 1.29 is 14.3 Å². The summed E-state index contributed by atoms with van der Waals surface area (Å²) in [5, 5.41) is 6.04. The number of nitrogens with one attached hydrogen (secondary N) is 2. The fourth-order valence-electron chi connectivity index (χ4n) is 2.79. The minimum Gasteiger partial charge on any atom is -0.481 e. The molecule has 0 spiro atoms. The molecule has 2 N–H and O–H groups in total. The molecule has 0 saturated heterocycles. The molecule has 29 heavy (non-hydrogen) atoms. The van der Waals surface area contributed by atoms with E-state index in [0.29, 0.717) is 22.2 Å². The number of hydrogen-bond acceptors (Lipinski definition) is 4. The van der Waals surface area contributed by atoms with Crippen molar-refractivity contribution in [3.8, 4) is 5.88 Å². The summed E-state index contributed by atoms with van der Waals surface area (Å²) in [6.45, 7) is 0. The summed E-state index contributed by atoms with van der Waals surface area (Å²) in [5.41, 5.74) is 1.71. The van der Waals surface area contributed by atoms with E-state index in [9.17, 15) is 9.59 Å². The first-order chi connectivity index (χ1) is 14.1. The second kappa shape index (κ2) is 9.71. The average Bonchev–Trinajstić information content (AvgIpc) is 2.74. The number of pyridine rings is 1. The van der Waals surface area contributed by atoms with E-state index in [1.165, 1.54) is 13.3 Å². The van der Waals surface area contributed by atoms with Crippen LogP contribution in [-0.2, 0) is 4.79 Å². The molecule has 0 fully saturated rings. The van der Waals surface area contributed by atoms with Crippen LogP contribution in [0.4, 0.5) is 5.69 Å². The van der Waals surface area contributed by atoms with Gasteiger partial charge in [-0.05, 0) is 23.8 Å². The van der Waals surface area contributed by atoms with Crippen LogP contribution in [0.1, 0.15) is 28.4 Å². The maximum atomic E-state index is 12.7. The first-order valence-corrected chi connectivity index (χ1v) is 9.35. The zero-order valence-corrected chi connectivity index (χ0v) is 16.5. The van der Waals surface area contributed by atoms with Crippen molar-refractivity contribution in [3.05, 3.63) is 89.1 Å². The summed E-state index contributed by atoms with van der Waals surface area (Å²) in [5.74, 6) is -0.147. The topological polar surface area (TPSA) is 80.3 Å². The van der Waals surface area contributed by atoms with E-state index in [1.807, 2.05) is 30.3 Å². The molecule has 0 bridgehead atoms. The number of nitrogens with zero attached hydrogens (tertiary/aromatic N) is 1. The highest BCUT2D eigenvalue weighted by atomic mass is 35.5. The molecule has 7 heteroatoms. The summed E-state index contributed by atoms with van der Waals surface area (Å²) < 4.78 is 5.01. The van der Waals surface area contributed by atoms with E-state index in [1.54, 1.807) is 36.4 Å². The van der Waals surface area contributed by atoms with Gasteiger partial charge in [0.2, 0.25) is 11.8 Å². The Hall–Kier alpha value is -3.38. The number of carbonyl (C=O) groups is 2. The molecule has 0 aliphatic rings. The van der Waals surface area contributed by atoms with E-state index in [4.69, 9.17) is 16.3 Å². The zero-order valence-electron chi connectivity index (χ0n) is 15.8. The van der Waals surface area contributed by atoms with Gasteiger partial charge < -0.3 is 15.4 Å². The van der Waals surface area contributed by atoms with E-state index >= 15 is 0 Å². The number of hydrogen-bond donors (Lipinski definition) is 2. The predicted octanol–water partition coefficient (Wildman–Crippen LogP) is 4.24. The molecule has 148 valence electrons. The van der Waals surface area contributed by atoms with Crippen LogP contribution in [0.5, 0.6) is 5.88 Å². The van der Waals surface area contributed by atoms with E-state index in [0.717, 1.165) is 5.56 Å². The quantitative estimate of drug-likeness (QED) is 0.611. The molecule has 6 nitrogen and oxygen atoms in total. The highest BCUT2D eigenvalue weighted by Crippen LogP contribution is 2.21. The number of methoxy groups -OCH3 is 1. The van der Waals surface area contributed by atoms with Crippen molar-refractivity contribution >= 4 is 29.1 Å². The molecule has 3 aromatic rings. The van der Waals surface area contributed by atoms with Gasteiger partial charge >= 0.3 is 0 Å². The van der Waals surface area contributed by atoms with Crippen molar-refractivity contribution in [2.45, 2.75) is 12.5 Å². The summed E-state index contributed by atoms with van der Waals surface area (Å²) in [6.07, 6.45) is 1.56. The first kappa shape index (κ1) is 20.4. The van der Waals surface area contributed by atoms with Crippen molar-refractivity contribution in [1.29, 1.82) is 0 Å². The van der Waals surface area contributed by atoms with Gasteiger partial charge in [-0.15, -0.1) is 0 Å². The van der Waals surface area contributed by atoms with Gasteiger partial charge in [0.25, 0.3) is 5.91 Å². The Kier molecular flexibility index (Phi) is 6.81. The van der Waals surface area contributed by atoms with Gasteiger partial charge in [0, 0.05) is 6.07 Å². The van der Waals surface area contributed by atoms with Crippen molar-refractivity contribution in [2.75, 3.05) is 12.4 Å². The lowest BCUT2D eigenvalue weighted by molar-refractivity contribution is -0.116. The third-order valence-corrected chi connectivity index (χ3v) is 4.57. The van der Waals surface area contributed by atoms with Gasteiger partial charge in [-0.25, -0.2) is 4.98 Å². The second-order valence-electron chi connectivity index (χ2n) is 6.26. The molecule has 0 aliphatic carbocycles. The second-order valence-corrected chi connectivity index (χ2v) is 6.67. The summed E-state index contributed by atoms with van der Waals surface area (Å²) in [6, 6.07) is 18.9. The van der Waals surface area contributed by atoms with Crippen LogP contribution in [-0.4, -0.2) is 23.9 Å². The number of halogens is 1. The van der Waals surface area contributed by atoms with Gasteiger partial charge in [0.1, 0.15) is 0 Å². The number of benzene rings is 2. The zero-order chi connectivity index (χ0) is 20.6. The highest BCUT2D eigenvalue weighted by molar-refractivity contribution is 6.33. The van der Waals surface area contributed by atoms with Crippen LogP contribution in [0.15, 0.2) is 72.9 Å². The molecule has 1 aromatic heterocycles. The van der Waals surface area contributed by atoms with Crippen LogP contribution < -0.4 is 15.4 Å². The van der Waals surface area contributed by atoms with Crippen LogP contribution in [0, 0.1) is 0 Å². The number of amides is 2. The first-order valence-electron chi connectivity index (χ1n) is 8.97.